The maximum absolute atomic E-state index is 7.93. The number of imidazole rings is 7. The Morgan fingerprint density at radius 1 is 0.452 bits per heavy atom. The molecule has 0 unspecified atom stereocenters. The van der Waals surface area contributed by atoms with Gasteiger partial charge in [-0.2, -0.15) is 22.8 Å². The van der Waals surface area contributed by atoms with E-state index >= 15 is 0 Å². The molecule has 0 atom stereocenters. The van der Waals surface area contributed by atoms with Crippen molar-refractivity contribution in [2.24, 2.45) is 14.0 Å². The monoisotopic (exact) mass is 1100 g/mol. The summed E-state index contributed by atoms with van der Waals surface area (Å²) in [5, 5.41) is 4.33. The number of aromatic nitrogens is 14. The highest BCUT2D eigenvalue weighted by Crippen LogP contribution is 2.36. The van der Waals surface area contributed by atoms with Crippen LogP contribution in [-0.2, 0) is 40.2 Å². The van der Waals surface area contributed by atoms with Crippen LogP contribution in [0.4, 0.5) is 0 Å². The van der Waals surface area contributed by atoms with Gasteiger partial charge < -0.3 is 13.6 Å². The maximum atomic E-state index is 7.93. The predicted molar refractivity (Wildman–Crippen MR) is 321 cm³/mol. The van der Waals surface area contributed by atoms with E-state index in [-0.39, 0.29) is 0 Å². The number of hydrogen-bond donors (Lipinski definition) is 0. The van der Waals surface area contributed by atoms with E-state index in [1.807, 2.05) is 60.8 Å². The average molecular weight is 1100 g/mol. The van der Waals surface area contributed by atoms with Gasteiger partial charge in [0.1, 0.15) is 26.2 Å². The number of pyridine rings is 1. The fraction of sp³-hybridized carbons (Fsp3) is 0.0870. The molecule has 7 aromatic carbocycles. The minimum absolute atomic E-state index is 0.602. The van der Waals surface area contributed by atoms with Crippen LogP contribution >= 0.6 is 0 Å². The summed E-state index contributed by atoms with van der Waals surface area (Å²) < 4.78 is 53.3. The molecular weight excluding hydrogens is 1040 g/mol. The Bertz CT molecular complexity index is 5690. The van der Waals surface area contributed by atoms with Crippen LogP contribution in [0.5, 0.6) is 0 Å². The molecule has 4 aliphatic heterocycles. The van der Waals surface area contributed by atoms with Gasteiger partial charge in [-0.1, -0.05) is 125 Å². The van der Waals surface area contributed by atoms with Crippen LogP contribution in [-0.4, -0.2) is 46.5 Å². The first-order chi connectivity index (χ1) is 42.7. The molecule has 0 saturated heterocycles. The number of fused-ring (bicyclic) bond motifs is 28. The topological polar surface area (TPSA) is 99.8 Å². The van der Waals surface area contributed by atoms with Crippen LogP contribution in [0.1, 0.15) is 26.4 Å². The standard InChI is InChI=1S/C22H16N3.2C17H14N3.C13H8N5O/c1-2-9-17(10-3-1)24-19-12-6-7-13-20(19)25-21(24)15-23-14-16-8-4-5-11-18(16)22(23)25;2*1-18-14-8-4-5-9-15(14)20-16(18)11-19-10-12-6-2-3-7-13(12)17(19)20;1-3-8-7-17-12-11(19-13(17)10(8)14-5-1)16-9-4-2-6-15-18(9)12/h1-13,15H,14H2;2*2-9,11H,10H2,1H3;1-6H,7H2/q4*+1/i;1D3;;. The molecule has 0 N–H and O–H groups in total. The van der Waals surface area contributed by atoms with E-state index in [1.54, 1.807) is 16.9 Å². The first-order valence-electron chi connectivity index (χ1n) is 29.7. The number of aryl methyl sites for hydroxylation is 2. The lowest BCUT2D eigenvalue weighted by Crippen LogP contribution is -2.32. The van der Waals surface area contributed by atoms with Gasteiger partial charge in [0, 0.05) is 58.3 Å². The number of oxazole rings is 1. The molecule has 0 amide bonds. The summed E-state index contributed by atoms with van der Waals surface area (Å²) in [6.07, 6.45) is 10.0. The van der Waals surface area contributed by atoms with Crippen molar-refractivity contribution in [1.29, 1.82) is 0 Å². The first-order valence-corrected chi connectivity index (χ1v) is 28.2. The molecule has 0 aliphatic carbocycles. The van der Waals surface area contributed by atoms with E-state index in [4.69, 9.17) is 8.53 Å². The van der Waals surface area contributed by atoms with Gasteiger partial charge in [-0.25, -0.2) is 18.7 Å². The van der Waals surface area contributed by atoms with Gasteiger partial charge in [0.05, 0.1) is 39.4 Å². The molecule has 84 heavy (non-hydrogen) atoms. The SMILES string of the molecule is Cn1c2ccccc2n2c3[n+](cc12)Cc1ccccc1-3.[2H]C([2H])([2H])n1c2ccccc2n2c3[n+](cc12)Cc1ccccc1-3.c1ccc(-n2c3ccccc3n3c4[n+](cc23)Cc2ccccc2-4)cc1.c1cnc2c(c1)C[n+]1c-2oc2nc3cccnn3c21. The lowest BCUT2D eigenvalue weighted by atomic mass is 10.1. The van der Waals surface area contributed by atoms with Gasteiger partial charge >= 0.3 is 17.3 Å². The van der Waals surface area contributed by atoms with Gasteiger partial charge in [-0.05, 0) is 78.9 Å². The lowest BCUT2D eigenvalue weighted by Gasteiger charge is -2.02. The molecule has 0 fully saturated rings. The van der Waals surface area contributed by atoms with E-state index in [0.717, 1.165) is 71.5 Å². The average Bonchev–Trinajstić information content (AvgIpc) is 1.70. The number of benzene rings is 7. The fourth-order valence-corrected chi connectivity index (χ4v) is 13.6. The third kappa shape index (κ3) is 6.59. The van der Waals surface area contributed by atoms with Crippen molar-refractivity contribution in [3.05, 3.63) is 253 Å². The Labute approximate surface area is 483 Å². The van der Waals surface area contributed by atoms with Crippen LogP contribution in [0, 0.1) is 0 Å². The zero-order valence-corrected chi connectivity index (χ0v) is 45.4. The number of nitrogens with zero attached hydrogens (tertiary/aromatic N) is 14. The van der Waals surface area contributed by atoms with Crippen LogP contribution in [0.25, 0.3) is 118 Å². The molecule has 14 heterocycles. The minimum atomic E-state index is -2.21. The number of hydrogen-bond acceptors (Lipinski definition) is 4. The predicted octanol–water partition coefficient (Wildman–Crippen LogP) is 10.9. The van der Waals surface area contributed by atoms with Gasteiger partial charge in [0.25, 0.3) is 28.8 Å². The Morgan fingerprint density at radius 2 is 0.929 bits per heavy atom. The highest BCUT2D eigenvalue weighted by molar-refractivity contribution is 5.88. The van der Waals surface area contributed by atoms with E-state index in [0.29, 0.717) is 11.4 Å². The Balaban J connectivity index is 0.0000000877. The third-order valence-electron chi connectivity index (χ3n) is 17.2. The molecule has 4 aliphatic rings. The number of para-hydroxylation sites is 7. The molecule has 400 valence electrons. The Kier molecular flexibility index (Phi) is 9.16. The molecule has 0 bridgehead atoms. The second-order valence-corrected chi connectivity index (χ2v) is 21.9. The molecule has 10 aromatic heterocycles. The number of rotatable bonds is 1. The van der Waals surface area contributed by atoms with E-state index < -0.39 is 6.98 Å². The molecule has 21 rings (SSSR count). The van der Waals surface area contributed by atoms with Crippen LogP contribution in [0.3, 0.4) is 0 Å². The van der Waals surface area contributed by atoms with E-state index in [9.17, 15) is 0 Å². The highest BCUT2D eigenvalue weighted by Gasteiger charge is 2.38. The minimum Gasteiger partial charge on any atom is -0.394 e. The molecule has 17 aromatic rings. The molecular formula is C69H52N14O+4. The van der Waals surface area contributed by atoms with Crippen LogP contribution in [0.15, 0.2) is 236 Å². The summed E-state index contributed by atoms with van der Waals surface area (Å²) in [5.74, 6) is 4.38. The molecule has 15 heteroatoms. The second kappa shape index (κ2) is 17.7. The highest BCUT2D eigenvalue weighted by atomic mass is 16.4. The van der Waals surface area contributed by atoms with Crippen molar-refractivity contribution in [3.63, 3.8) is 0 Å². The molecule has 0 radical (unpaired) electrons. The van der Waals surface area contributed by atoms with Crippen molar-refractivity contribution in [1.82, 2.24) is 46.5 Å². The van der Waals surface area contributed by atoms with Crippen LogP contribution < -0.4 is 18.3 Å². The molecule has 0 spiro atoms. The van der Waals surface area contributed by atoms with Crippen molar-refractivity contribution in [3.8, 4) is 51.4 Å². The van der Waals surface area contributed by atoms with Gasteiger partial charge in [-0.3, -0.25) is 4.57 Å². The zero-order chi connectivity index (χ0) is 57.8. The summed E-state index contributed by atoms with van der Waals surface area (Å²) in [6.45, 7) is 1.23. The van der Waals surface area contributed by atoms with E-state index in [2.05, 4.69) is 221 Å². The maximum Gasteiger partial charge on any atom is 0.376 e. The normalized spacial score (nSPS) is 13.6. The Morgan fingerprint density at radius 3 is 1.54 bits per heavy atom. The summed E-state index contributed by atoms with van der Waals surface area (Å²) in [7, 11) is 2.14. The summed E-state index contributed by atoms with van der Waals surface area (Å²) in [6, 6.07) is 69.0. The largest absolute Gasteiger partial charge is 0.394 e. The van der Waals surface area contributed by atoms with Gasteiger partial charge in [0.15, 0.2) is 40.8 Å². The van der Waals surface area contributed by atoms with Gasteiger partial charge in [0.2, 0.25) is 11.3 Å². The summed E-state index contributed by atoms with van der Waals surface area (Å²) in [4.78, 5) is 8.82. The Hall–Kier alpha value is -11.2. The van der Waals surface area contributed by atoms with E-state index in [1.165, 1.54) is 88.6 Å². The van der Waals surface area contributed by atoms with Crippen LogP contribution in [0.2, 0.25) is 0 Å². The van der Waals surface area contributed by atoms with Crippen molar-refractivity contribution < 1.29 is 26.8 Å². The molecule has 0 saturated carbocycles. The van der Waals surface area contributed by atoms with Crippen molar-refractivity contribution in [2.75, 3.05) is 0 Å². The summed E-state index contributed by atoms with van der Waals surface area (Å²) >= 11 is 0. The quantitative estimate of drug-likeness (QED) is 0.153. The smallest absolute Gasteiger partial charge is 0.376 e. The fourth-order valence-electron chi connectivity index (χ4n) is 13.6. The first kappa shape index (κ1) is 43.6. The molecule has 15 nitrogen and oxygen atoms in total. The van der Waals surface area contributed by atoms with Gasteiger partial charge in [-0.15, -0.1) is 0 Å². The second-order valence-electron chi connectivity index (χ2n) is 21.9. The third-order valence-corrected chi connectivity index (χ3v) is 17.2. The van der Waals surface area contributed by atoms with Crippen molar-refractivity contribution in [2.45, 2.75) is 26.2 Å². The lowest BCUT2D eigenvalue weighted by molar-refractivity contribution is -0.670. The zero-order valence-electron chi connectivity index (χ0n) is 48.4. The van der Waals surface area contributed by atoms with Crippen molar-refractivity contribution >= 4 is 67.0 Å². The summed E-state index contributed by atoms with van der Waals surface area (Å²) in [5.41, 5.74) is 23.3.